The number of nitrogens with zero attached hydrogens (tertiary/aromatic N) is 4. The van der Waals surface area contributed by atoms with Crippen molar-refractivity contribution in [3.8, 4) is 0 Å². The fourth-order valence-corrected chi connectivity index (χ4v) is 4.33. The molecular weight excluding hydrogens is 396 g/mol. The van der Waals surface area contributed by atoms with Crippen LogP contribution in [0, 0.1) is 13.8 Å². The van der Waals surface area contributed by atoms with Gasteiger partial charge in [-0.25, -0.2) is 15.0 Å². The third-order valence-corrected chi connectivity index (χ3v) is 5.87. The summed E-state index contributed by atoms with van der Waals surface area (Å²) in [5.41, 5.74) is 3.53. The van der Waals surface area contributed by atoms with Crippen molar-refractivity contribution >= 4 is 28.3 Å². The molecular formula is C22H26N6OS. The number of hydrogen-bond donors (Lipinski definition) is 2. The van der Waals surface area contributed by atoms with Gasteiger partial charge in [0.1, 0.15) is 5.69 Å². The number of rotatable bonds is 6. The summed E-state index contributed by atoms with van der Waals surface area (Å²) in [6.45, 7) is 6.77. The predicted molar refractivity (Wildman–Crippen MR) is 119 cm³/mol. The number of aromatic nitrogens is 3. The van der Waals surface area contributed by atoms with E-state index in [4.69, 9.17) is 0 Å². The first-order valence-corrected chi connectivity index (χ1v) is 11.0. The summed E-state index contributed by atoms with van der Waals surface area (Å²) in [4.78, 5) is 28.2. The topological polar surface area (TPSA) is 83.0 Å². The van der Waals surface area contributed by atoms with Crippen molar-refractivity contribution < 1.29 is 4.79 Å². The lowest BCUT2D eigenvalue weighted by Gasteiger charge is -2.32. The van der Waals surface area contributed by atoms with Crippen LogP contribution in [0.15, 0.2) is 41.8 Å². The van der Waals surface area contributed by atoms with Gasteiger partial charge in [-0.3, -0.25) is 9.69 Å². The van der Waals surface area contributed by atoms with E-state index in [2.05, 4.69) is 54.8 Å². The first-order chi connectivity index (χ1) is 14.5. The molecule has 0 radical (unpaired) electrons. The molecule has 30 heavy (non-hydrogen) atoms. The number of benzene rings is 1. The molecule has 1 aliphatic rings. The predicted octanol–water partition coefficient (Wildman–Crippen LogP) is 3.69. The average Bonchev–Trinajstić information content (AvgIpc) is 3.18. The maximum atomic E-state index is 12.6. The van der Waals surface area contributed by atoms with Crippen LogP contribution in [0.3, 0.4) is 0 Å². The fraction of sp³-hybridized carbons (Fsp3) is 0.364. The van der Waals surface area contributed by atoms with Gasteiger partial charge in [-0.05, 0) is 38.3 Å². The third kappa shape index (κ3) is 5.40. The molecule has 8 heteroatoms. The smallest absolute Gasteiger partial charge is 0.271 e. The highest BCUT2D eigenvalue weighted by atomic mass is 32.1. The number of carbonyl (C=O) groups is 1. The lowest BCUT2D eigenvalue weighted by molar-refractivity contribution is 0.0904. The SMILES string of the molecule is Cc1cc(C)nc(Nc2nc(C(=O)NC3CCN(Cc4ccccc4)CC3)cs2)n1. The Morgan fingerprint density at radius 3 is 2.50 bits per heavy atom. The highest BCUT2D eigenvalue weighted by Gasteiger charge is 2.22. The zero-order chi connectivity index (χ0) is 20.9. The molecule has 2 N–H and O–H groups in total. The van der Waals surface area contributed by atoms with Crippen LogP contribution < -0.4 is 10.6 Å². The molecule has 0 spiro atoms. The highest BCUT2D eigenvalue weighted by Crippen LogP contribution is 2.20. The van der Waals surface area contributed by atoms with Gasteiger partial charge in [0.05, 0.1) is 0 Å². The van der Waals surface area contributed by atoms with Crippen molar-refractivity contribution in [2.75, 3.05) is 18.4 Å². The van der Waals surface area contributed by atoms with Gasteiger partial charge in [-0.1, -0.05) is 30.3 Å². The molecule has 4 rings (SSSR count). The van der Waals surface area contributed by atoms with Crippen LogP contribution in [0.1, 0.15) is 40.3 Å². The van der Waals surface area contributed by atoms with E-state index in [1.54, 1.807) is 5.38 Å². The van der Waals surface area contributed by atoms with Crippen molar-refractivity contribution in [3.63, 3.8) is 0 Å². The first-order valence-electron chi connectivity index (χ1n) is 10.2. The molecule has 3 heterocycles. The van der Waals surface area contributed by atoms with Crippen LogP contribution in [0.25, 0.3) is 0 Å². The van der Waals surface area contributed by atoms with E-state index < -0.39 is 0 Å². The van der Waals surface area contributed by atoms with Crippen molar-refractivity contribution in [1.29, 1.82) is 0 Å². The number of thiazole rings is 1. The van der Waals surface area contributed by atoms with Crippen LogP contribution in [0.4, 0.5) is 11.1 Å². The molecule has 0 bridgehead atoms. The Labute approximate surface area is 180 Å². The average molecular weight is 423 g/mol. The Kier molecular flexibility index (Phi) is 6.35. The molecule has 1 amide bonds. The van der Waals surface area contributed by atoms with Gasteiger partial charge in [0, 0.05) is 42.4 Å². The van der Waals surface area contributed by atoms with E-state index in [-0.39, 0.29) is 11.9 Å². The van der Waals surface area contributed by atoms with Gasteiger partial charge in [-0.15, -0.1) is 11.3 Å². The van der Waals surface area contributed by atoms with E-state index in [1.807, 2.05) is 26.0 Å². The largest absolute Gasteiger partial charge is 0.348 e. The van der Waals surface area contributed by atoms with Gasteiger partial charge in [0.15, 0.2) is 5.13 Å². The summed E-state index contributed by atoms with van der Waals surface area (Å²) in [6, 6.07) is 12.6. The monoisotopic (exact) mass is 422 g/mol. The number of piperidine rings is 1. The quantitative estimate of drug-likeness (QED) is 0.630. The summed E-state index contributed by atoms with van der Waals surface area (Å²) >= 11 is 1.38. The normalized spacial score (nSPS) is 15.1. The Hall–Kier alpha value is -2.84. The minimum absolute atomic E-state index is 0.123. The molecule has 7 nitrogen and oxygen atoms in total. The van der Waals surface area contributed by atoms with Crippen molar-refractivity contribution in [2.24, 2.45) is 0 Å². The maximum absolute atomic E-state index is 12.6. The van der Waals surface area contributed by atoms with Crippen molar-refractivity contribution in [2.45, 2.75) is 39.3 Å². The van der Waals surface area contributed by atoms with Gasteiger partial charge in [-0.2, -0.15) is 0 Å². The van der Waals surface area contributed by atoms with Crippen LogP contribution in [0.2, 0.25) is 0 Å². The second-order valence-corrected chi connectivity index (χ2v) is 8.50. The molecule has 1 fully saturated rings. The van der Waals surface area contributed by atoms with Crippen molar-refractivity contribution in [1.82, 2.24) is 25.2 Å². The molecule has 0 saturated carbocycles. The molecule has 0 atom stereocenters. The number of aryl methyl sites for hydroxylation is 2. The number of amides is 1. The highest BCUT2D eigenvalue weighted by molar-refractivity contribution is 7.14. The number of carbonyl (C=O) groups excluding carboxylic acids is 1. The summed E-state index contributed by atoms with van der Waals surface area (Å²) in [5.74, 6) is 0.377. The Balaban J connectivity index is 1.27. The zero-order valence-electron chi connectivity index (χ0n) is 17.3. The van der Waals surface area contributed by atoms with Gasteiger partial charge in [0.25, 0.3) is 5.91 Å². The maximum Gasteiger partial charge on any atom is 0.271 e. The number of hydrogen-bond acceptors (Lipinski definition) is 7. The minimum atomic E-state index is -0.123. The van der Waals surface area contributed by atoms with E-state index in [9.17, 15) is 4.79 Å². The molecule has 1 aromatic carbocycles. The summed E-state index contributed by atoms with van der Waals surface area (Å²) in [7, 11) is 0. The standard InChI is InChI=1S/C22H26N6OS/c1-15-12-16(2)24-21(23-15)27-22-26-19(14-30-22)20(29)25-18-8-10-28(11-9-18)13-17-6-4-3-5-7-17/h3-7,12,14,18H,8-11,13H2,1-2H3,(H,25,29)(H,23,24,26,27). The van der Waals surface area contributed by atoms with Crippen LogP contribution in [0.5, 0.6) is 0 Å². The molecule has 2 aromatic heterocycles. The van der Waals surface area contributed by atoms with Gasteiger partial charge in [0.2, 0.25) is 5.95 Å². The van der Waals surface area contributed by atoms with E-state index in [1.165, 1.54) is 16.9 Å². The van der Waals surface area contributed by atoms with E-state index in [0.29, 0.717) is 16.8 Å². The van der Waals surface area contributed by atoms with Gasteiger partial charge >= 0.3 is 0 Å². The van der Waals surface area contributed by atoms with E-state index in [0.717, 1.165) is 43.9 Å². The molecule has 156 valence electrons. The molecule has 0 unspecified atom stereocenters. The lowest BCUT2D eigenvalue weighted by atomic mass is 10.0. The molecule has 0 aliphatic carbocycles. The van der Waals surface area contributed by atoms with Gasteiger partial charge < -0.3 is 10.6 Å². The Bertz CT molecular complexity index is 978. The molecule has 1 saturated heterocycles. The van der Waals surface area contributed by atoms with Crippen molar-refractivity contribution in [3.05, 3.63) is 64.4 Å². The van der Waals surface area contributed by atoms with Crippen LogP contribution >= 0.6 is 11.3 Å². The molecule has 3 aromatic rings. The summed E-state index contributed by atoms with van der Waals surface area (Å²) in [5, 5.41) is 8.61. The second-order valence-electron chi connectivity index (χ2n) is 7.65. The number of anilines is 2. The summed E-state index contributed by atoms with van der Waals surface area (Å²) in [6.07, 6.45) is 1.90. The summed E-state index contributed by atoms with van der Waals surface area (Å²) < 4.78 is 0. The van der Waals surface area contributed by atoms with Crippen LogP contribution in [-0.2, 0) is 6.54 Å². The Morgan fingerprint density at radius 2 is 1.80 bits per heavy atom. The number of likely N-dealkylation sites (tertiary alicyclic amines) is 1. The zero-order valence-corrected chi connectivity index (χ0v) is 18.1. The fourth-order valence-electron chi connectivity index (χ4n) is 3.65. The van der Waals surface area contributed by atoms with E-state index >= 15 is 0 Å². The number of nitrogens with one attached hydrogen (secondary N) is 2. The lowest BCUT2D eigenvalue weighted by Crippen LogP contribution is -2.44. The third-order valence-electron chi connectivity index (χ3n) is 5.11. The minimum Gasteiger partial charge on any atom is -0.348 e. The van der Waals surface area contributed by atoms with Crippen LogP contribution in [-0.4, -0.2) is 44.9 Å². The Morgan fingerprint density at radius 1 is 1.10 bits per heavy atom. The second kappa shape index (κ2) is 9.32. The first kappa shape index (κ1) is 20.4. The molecule has 1 aliphatic heterocycles.